The van der Waals surface area contributed by atoms with E-state index in [4.69, 9.17) is 0 Å². The quantitative estimate of drug-likeness (QED) is 0.693. The van der Waals surface area contributed by atoms with Crippen LogP contribution >= 0.6 is 0 Å². The predicted molar refractivity (Wildman–Crippen MR) is 64.9 cm³/mol. The number of sulfone groups is 1. The van der Waals surface area contributed by atoms with Crippen molar-refractivity contribution in [1.29, 1.82) is 0 Å². The third-order valence-electron chi connectivity index (χ3n) is 2.39. The minimum atomic E-state index is -2.87. The van der Waals surface area contributed by atoms with Crippen LogP contribution in [0.3, 0.4) is 0 Å². The molecule has 0 saturated heterocycles. The summed E-state index contributed by atoms with van der Waals surface area (Å²) in [6.07, 6.45) is 1.27. The van der Waals surface area contributed by atoms with Gasteiger partial charge in [-0.05, 0) is 27.8 Å². The molecule has 1 atom stereocenters. The maximum Gasteiger partial charge on any atom is 0.148 e. The lowest BCUT2D eigenvalue weighted by Crippen LogP contribution is -2.39. The fourth-order valence-corrected chi connectivity index (χ4v) is 2.28. The minimum Gasteiger partial charge on any atom is -0.312 e. The van der Waals surface area contributed by atoms with Crippen molar-refractivity contribution in [3.63, 3.8) is 0 Å². The topological polar surface area (TPSA) is 49.4 Å². The Bertz CT molecular complexity index is 263. The Morgan fingerprint density at radius 2 is 1.80 bits per heavy atom. The largest absolute Gasteiger partial charge is 0.312 e. The van der Waals surface area contributed by atoms with E-state index in [1.165, 1.54) is 6.26 Å². The van der Waals surface area contributed by atoms with E-state index in [0.717, 1.165) is 13.1 Å². The van der Waals surface area contributed by atoms with Crippen molar-refractivity contribution in [2.45, 2.75) is 32.9 Å². The number of rotatable bonds is 7. The Morgan fingerprint density at radius 1 is 1.27 bits per heavy atom. The van der Waals surface area contributed by atoms with Crippen molar-refractivity contribution >= 4 is 9.84 Å². The molecule has 0 heterocycles. The van der Waals surface area contributed by atoms with Crippen molar-refractivity contribution in [2.24, 2.45) is 0 Å². The highest BCUT2D eigenvalue weighted by molar-refractivity contribution is 7.90. The molecule has 1 unspecified atom stereocenters. The minimum absolute atomic E-state index is 0.0283. The molecule has 0 aliphatic rings. The third kappa shape index (κ3) is 8.84. The lowest BCUT2D eigenvalue weighted by Gasteiger charge is -2.22. The predicted octanol–water partition coefficient (Wildman–Crippen LogP) is 0.349. The second-order valence-electron chi connectivity index (χ2n) is 4.52. The number of hydrogen-bond donors (Lipinski definition) is 1. The average Bonchev–Trinajstić information content (AvgIpc) is 2.00. The monoisotopic (exact) mass is 236 g/mol. The molecule has 0 saturated carbocycles. The highest BCUT2D eigenvalue weighted by Gasteiger charge is 2.10. The number of likely N-dealkylation sites (N-methyl/N-ethyl adjacent to an activating group) is 1. The first-order valence-electron chi connectivity index (χ1n) is 5.33. The second kappa shape index (κ2) is 6.45. The van der Waals surface area contributed by atoms with Crippen LogP contribution in [0.5, 0.6) is 0 Å². The molecular weight excluding hydrogens is 212 g/mol. The fraction of sp³-hybridized carbons (Fsp3) is 1.00. The van der Waals surface area contributed by atoms with Gasteiger partial charge in [0.25, 0.3) is 0 Å². The Hall–Kier alpha value is -0.130. The highest BCUT2D eigenvalue weighted by Crippen LogP contribution is 1.93. The molecule has 15 heavy (non-hydrogen) atoms. The molecule has 0 rings (SSSR count). The molecule has 0 aliphatic carbocycles. The van der Waals surface area contributed by atoms with Crippen LogP contribution in [-0.4, -0.2) is 57.5 Å². The summed E-state index contributed by atoms with van der Waals surface area (Å²) in [7, 11) is -0.803. The van der Waals surface area contributed by atoms with Gasteiger partial charge in [-0.1, -0.05) is 0 Å². The first-order valence-corrected chi connectivity index (χ1v) is 7.39. The molecular formula is C10H24N2O2S. The zero-order valence-electron chi connectivity index (χ0n) is 10.4. The van der Waals surface area contributed by atoms with Gasteiger partial charge in [0.2, 0.25) is 0 Å². The van der Waals surface area contributed by atoms with Crippen molar-refractivity contribution in [3.05, 3.63) is 0 Å². The van der Waals surface area contributed by atoms with Gasteiger partial charge in [-0.2, -0.15) is 0 Å². The lowest BCUT2D eigenvalue weighted by molar-refractivity contribution is 0.271. The molecule has 0 fully saturated rings. The molecule has 0 aliphatic heterocycles. The second-order valence-corrected chi connectivity index (χ2v) is 6.71. The highest BCUT2D eigenvalue weighted by atomic mass is 32.2. The summed E-state index contributed by atoms with van der Waals surface area (Å²) in [6, 6.07) is 0.553. The Kier molecular flexibility index (Phi) is 6.40. The van der Waals surface area contributed by atoms with Gasteiger partial charge in [0.1, 0.15) is 9.84 Å². The van der Waals surface area contributed by atoms with E-state index < -0.39 is 9.84 Å². The maximum atomic E-state index is 11.0. The molecule has 5 heteroatoms. The van der Waals surface area contributed by atoms with Crippen molar-refractivity contribution in [1.82, 2.24) is 10.2 Å². The summed E-state index contributed by atoms with van der Waals surface area (Å²) in [5.74, 6) is 0.207. The summed E-state index contributed by atoms with van der Waals surface area (Å²) >= 11 is 0. The van der Waals surface area contributed by atoms with Crippen LogP contribution in [-0.2, 0) is 9.84 Å². The number of nitrogens with one attached hydrogen (secondary N) is 1. The average molecular weight is 236 g/mol. The van der Waals surface area contributed by atoms with E-state index in [0.29, 0.717) is 6.04 Å². The summed E-state index contributed by atoms with van der Waals surface area (Å²) in [6.45, 7) is 7.94. The molecule has 92 valence electrons. The standard InChI is InChI=1S/C10H24N2O2S/c1-9(2)12(4)7-6-11-10(3)8-15(5,13)14/h9-11H,6-8H2,1-5H3. The van der Waals surface area contributed by atoms with E-state index in [9.17, 15) is 8.42 Å². The maximum absolute atomic E-state index is 11.0. The SMILES string of the molecule is CC(CS(C)(=O)=O)NCCN(C)C(C)C. The van der Waals surface area contributed by atoms with E-state index in [1.807, 2.05) is 6.92 Å². The molecule has 0 amide bonds. The fourth-order valence-electron chi connectivity index (χ4n) is 1.26. The summed E-state index contributed by atoms with van der Waals surface area (Å²) in [5, 5.41) is 3.20. The van der Waals surface area contributed by atoms with Crippen LogP contribution in [0.15, 0.2) is 0 Å². The molecule has 0 aromatic heterocycles. The number of nitrogens with zero attached hydrogens (tertiary/aromatic N) is 1. The first-order chi connectivity index (χ1) is 6.72. The zero-order valence-corrected chi connectivity index (χ0v) is 11.3. The zero-order chi connectivity index (χ0) is 12.1. The Morgan fingerprint density at radius 3 is 2.20 bits per heavy atom. The van der Waals surface area contributed by atoms with Crippen molar-refractivity contribution in [3.8, 4) is 0 Å². The number of hydrogen-bond acceptors (Lipinski definition) is 4. The summed E-state index contributed by atoms with van der Waals surface area (Å²) in [4.78, 5) is 2.22. The van der Waals surface area contributed by atoms with Gasteiger partial charge >= 0.3 is 0 Å². The van der Waals surface area contributed by atoms with Gasteiger partial charge < -0.3 is 10.2 Å². The third-order valence-corrected chi connectivity index (χ3v) is 3.50. The summed E-state index contributed by atoms with van der Waals surface area (Å²) in [5.41, 5.74) is 0. The van der Waals surface area contributed by atoms with Crippen LogP contribution in [0.4, 0.5) is 0 Å². The van der Waals surface area contributed by atoms with Crippen LogP contribution in [0.2, 0.25) is 0 Å². The van der Waals surface area contributed by atoms with E-state index >= 15 is 0 Å². The van der Waals surface area contributed by atoms with Crippen molar-refractivity contribution < 1.29 is 8.42 Å². The molecule has 0 aromatic carbocycles. The first kappa shape index (κ1) is 14.9. The molecule has 1 N–H and O–H groups in total. The van der Waals surface area contributed by atoms with E-state index in [-0.39, 0.29) is 11.8 Å². The molecule has 0 radical (unpaired) electrons. The normalized spacial score (nSPS) is 14.9. The van der Waals surface area contributed by atoms with E-state index in [2.05, 4.69) is 31.1 Å². The van der Waals surface area contributed by atoms with E-state index in [1.54, 1.807) is 0 Å². The van der Waals surface area contributed by atoms with Crippen LogP contribution in [0, 0.1) is 0 Å². The van der Waals surface area contributed by atoms with Crippen LogP contribution in [0.1, 0.15) is 20.8 Å². The van der Waals surface area contributed by atoms with Crippen LogP contribution in [0.25, 0.3) is 0 Å². The van der Waals surface area contributed by atoms with Gasteiger partial charge in [-0.15, -0.1) is 0 Å². The molecule has 0 bridgehead atoms. The Labute approximate surface area is 94.0 Å². The van der Waals surface area contributed by atoms with Crippen molar-refractivity contribution in [2.75, 3.05) is 32.1 Å². The van der Waals surface area contributed by atoms with Gasteiger partial charge in [0.05, 0.1) is 5.75 Å². The van der Waals surface area contributed by atoms with Gasteiger partial charge in [-0.25, -0.2) is 8.42 Å². The smallest absolute Gasteiger partial charge is 0.148 e. The Balaban J connectivity index is 3.69. The molecule has 0 spiro atoms. The van der Waals surface area contributed by atoms with Crippen LogP contribution < -0.4 is 5.32 Å². The van der Waals surface area contributed by atoms with Gasteiger partial charge in [-0.3, -0.25) is 0 Å². The molecule has 4 nitrogen and oxygen atoms in total. The molecule has 0 aromatic rings. The lowest BCUT2D eigenvalue weighted by atomic mass is 10.3. The van der Waals surface area contributed by atoms with Gasteiger partial charge in [0, 0.05) is 31.4 Å². The van der Waals surface area contributed by atoms with Gasteiger partial charge in [0.15, 0.2) is 0 Å². The summed E-state index contributed by atoms with van der Waals surface area (Å²) < 4.78 is 22.0.